The number of aromatic nitrogens is 9. The molecule has 8 aromatic rings. The van der Waals surface area contributed by atoms with E-state index in [1.807, 2.05) is 65.2 Å². The SMILES string of the molecule is CN1Cc2c(n(-c3cccc(C(C)(C)O)n3)n(CC3CC(CC(C)(O)c4cccc(-n5c6nc(Nc7ccc8c(c7)CNCC8)ncc6c(=O)n5Cc5cccnc5)n4)C3)c2=O)N=C1Nc1ccc2c(c1)CNCC2. The van der Waals surface area contributed by atoms with E-state index >= 15 is 0 Å². The summed E-state index contributed by atoms with van der Waals surface area (Å²) in [6.45, 7) is 9.61. The summed E-state index contributed by atoms with van der Waals surface area (Å²) in [6, 6.07) is 27.3. The fraction of sp³-hybridized carbons (Fsp3) is 0.357. The fourth-order valence-electron chi connectivity index (χ4n) is 11.2. The monoisotopic (exact) mass is 1010 g/mol. The van der Waals surface area contributed by atoms with Crippen molar-refractivity contribution in [2.24, 2.45) is 16.8 Å². The first-order valence-electron chi connectivity index (χ1n) is 25.8. The quantitative estimate of drug-likeness (QED) is 0.0792. The molecule has 19 heteroatoms. The van der Waals surface area contributed by atoms with Crippen LogP contribution in [-0.4, -0.2) is 84.9 Å². The number of benzene rings is 2. The van der Waals surface area contributed by atoms with Crippen LogP contribution in [0.2, 0.25) is 0 Å². The molecule has 0 saturated heterocycles. The minimum Gasteiger partial charge on any atom is -0.384 e. The molecule has 1 aliphatic carbocycles. The highest BCUT2D eigenvalue weighted by molar-refractivity contribution is 5.96. The molecule has 0 bridgehead atoms. The average Bonchev–Trinajstić information content (AvgIpc) is 3.82. The topological polar surface area (TPSA) is 222 Å². The number of rotatable bonds is 13. The molecule has 0 radical (unpaired) electrons. The molecule has 1 unspecified atom stereocenters. The van der Waals surface area contributed by atoms with Crippen molar-refractivity contribution in [1.82, 2.24) is 59.2 Å². The van der Waals surface area contributed by atoms with Crippen molar-refractivity contribution in [3.63, 3.8) is 0 Å². The molecule has 3 aliphatic heterocycles. The summed E-state index contributed by atoms with van der Waals surface area (Å²) in [6.07, 6.45) is 8.87. The zero-order chi connectivity index (χ0) is 51.6. The van der Waals surface area contributed by atoms with Gasteiger partial charge in [-0.3, -0.25) is 14.6 Å². The van der Waals surface area contributed by atoms with Crippen molar-refractivity contribution >= 4 is 40.1 Å². The summed E-state index contributed by atoms with van der Waals surface area (Å²) in [7, 11) is 1.93. The molecule has 75 heavy (non-hydrogen) atoms. The number of nitrogens with zero attached hydrogens (tertiary/aromatic N) is 11. The van der Waals surface area contributed by atoms with Crippen LogP contribution in [0.15, 0.2) is 118 Å². The molecule has 0 spiro atoms. The summed E-state index contributed by atoms with van der Waals surface area (Å²) in [5.74, 6) is 2.58. The lowest BCUT2D eigenvalue weighted by Gasteiger charge is -2.39. The van der Waals surface area contributed by atoms with Gasteiger partial charge in [0.25, 0.3) is 11.1 Å². The standard InChI is InChI=1S/C56H61N15O4/c1-55(2,74)45-9-5-11-47(63-45)71-50-44(33-67(4)54(66-50)62-42-16-14-38-18-21-59-29-40(38)25-42)52(73)69(71)32-36-22-35(23-36)26-56(3,75)46-10-6-12-48(64-46)70-49-43(51(72)68(70)31-34-8-7-19-57-27-34)30-60-53(65-49)61-41-15-13-37-17-20-58-28-39(37)24-41/h5-16,19,24-25,27,30,35-36,58-59,74-75H,17-18,20-23,26,28-29,31-33H2,1-4H3,(H,62,66)(H,60,61,65). The number of hydrogen-bond donors (Lipinski definition) is 6. The highest BCUT2D eigenvalue weighted by Gasteiger charge is 2.39. The van der Waals surface area contributed by atoms with Crippen LogP contribution in [0.5, 0.6) is 0 Å². The Balaban J connectivity index is 0.815. The maximum Gasteiger partial charge on any atom is 0.278 e. The maximum absolute atomic E-state index is 14.6. The van der Waals surface area contributed by atoms with Crippen LogP contribution >= 0.6 is 0 Å². The van der Waals surface area contributed by atoms with Gasteiger partial charge >= 0.3 is 0 Å². The molecule has 2 aromatic carbocycles. The van der Waals surface area contributed by atoms with Crippen molar-refractivity contribution < 1.29 is 10.2 Å². The van der Waals surface area contributed by atoms with E-state index in [4.69, 9.17) is 19.9 Å². The molecule has 12 rings (SSSR count). The predicted molar refractivity (Wildman–Crippen MR) is 287 cm³/mol. The van der Waals surface area contributed by atoms with Crippen molar-refractivity contribution in [1.29, 1.82) is 0 Å². The summed E-state index contributed by atoms with van der Waals surface area (Å²) in [5, 5.41) is 37.4. The zero-order valence-corrected chi connectivity index (χ0v) is 42.6. The van der Waals surface area contributed by atoms with Gasteiger partial charge in [0.2, 0.25) is 11.9 Å². The second kappa shape index (κ2) is 19.1. The Morgan fingerprint density at radius 2 is 1.40 bits per heavy atom. The number of hydrogen-bond acceptors (Lipinski definition) is 15. The van der Waals surface area contributed by atoms with E-state index in [0.29, 0.717) is 76.9 Å². The van der Waals surface area contributed by atoms with E-state index in [2.05, 4.69) is 61.6 Å². The highest BCUT2D eigenvalue weighted by atomic mass is 16.3. The second-order valence-electron chi connectivity index (χ2n) is 21.3. The first kappa shape index (κ1) is 48.1. The van der Waals surface area contributed by atoms with Crippen LogP contribution in [-0.2, 0) is 56.8 Å². The van der Waals surface area contributed by atoms with Gasteiger partial charge in [0.05, 0.1) is 30.0 Å². The highest BCUT2D eigenvalue weighted by Crippen LogP contribution is 2.43. The number of aliphatic imine (C=N–C) groups is 1. The van der Waals surface area contributed by atoms with E-state index in [1.165, 1.54) is 22.3 Å². The predicted octanol–water partition coefficient (Wildman–Crippen LogP) is 5.90. The number of fused-ring (bicyclic) bond motifs is 4. The van der Waals surface area contributed by atoms with Crippen LogP contribution in [0.1, 0.15) is 84.8 Å². The maximum atomic E-state index is 14.6. The van der Waals surface area contributed by atoms with Crippen molar-refractivity contribution in [2.45, 2.75) is 96.8 Å². The normalized spacial score (nSPS) is 18.1. The van der Waals surface area contributed by atoms with Crippen LogP contribution in [0, 0.1) is 11.8 Å². The molecule has 0 amide bonds. The third-order valence-corrected chi connectivity index (χ3v) is 15.1. The molecule has 4 aliphatic rings. The van der Waals surface area contributed by atoms with E-state index in [-0.39, 0.29) is 29.5 Å². The number of anilines is 3. The smallest absolute Gasteiger partial charge is 0.278 e. The van der Waals surface area contributed by atoms with Gasteiger partial charge in [-0.25, -0.2) is 33.7 Å². The Kier molecular flexibility index (Phi) is 12.3. The molecule has 1 fully saturated rings. The molecule has 9 heterocycles. The van der Waals surface area contributed by atoms with Crippen molar-refractivity contribution in [2.75, 3.05) is 30.8 Å². The molecule has 384 valence electrons. The zero-order valence-electron chi connectivity index (χ0n) is 42.6. The minimum atomic E-state index is -1.35. The Labute approximate surface area is 433 Å². The van der Waals surface area contributed by atoms with E-state index in [0.717, 1.165) is 68.8 Å². The Morgan fingerprint density at radius 3 is 2.09 bits per heavy atom. The summed E-state index contributed by atoms with van der Waals surface area (Å²) in [4.78, 5) is 59.7. The summed E-state index contributed by atoms with van der Waals surface area (Å²) in [5.41, 5.74) is 6.54. The van der Waals surface area contributed by atoms with Gasteiger partial charge in [-0.1, -0.05) is 30.3 Å². The molecule has 6 N–H and O–H groups in total. The lowest BCUT2D eigenvalue weighted by molar-refractivity contribution is -0.00342. The first-order valence-corrected chi connectivity index (χ1v) is 25.8. The van der Waals surface area contributed by atoms with Crippen LogP contribution in [0.3, 0.4) is 0 Å². The van der Waals surface area contributed by atoms with E-state index < -0.39 is 11.2 Å². The van der Waals surface area contributed by atoms with Gasteiger partial charge in [0, 0.05) is 56.6 Å². The van der Waals surface area contributed by atoms with Gasteiger partial charge in [0.1, 0.15) is 16.6 Å². The Morgan fingerprint density at radius 1 is 0.720 bits per heavy atom. The van der Waals surface area contributed by atoms with Crippen molar-refractivity contribution in [3.8, 4) is 11.6 Å². The molecule has 19 nitrogen and oxygen atoms in total. The Bertz CT molecular complexity index is 3640. The average molecular weight is 1010 g/mol. The van der Waals surface area contributed by atoms with Gasteiger partial charge in [0.15, 0.2) is 23.1 Å². The van der Waals surface area contributed by atoms with Crippen LogP contribution in [0.25, 0.3) is 22.7 Å². The third kappa shape index (κ3) is 9.41. The summed E-state index contributed by atoms with van der Waals surface area (Å²) >= 11 is 0. The van der Waals surface area contributed by atoms with E-state index in [1.54, 1.807) is 59.5 Å². The fourth-order valence-corrected chi connectivity index (χ4v) is 11.2. The number of nitrogens with one attached hydrogen (secondary N) is 4. The Hall–Kier alpha value is -7.84. The lowest BCUT2D eigenvalue weighted by Crippen LogP contribution is -2.38. The molecule has 6 aromatic heterocycles. The molecule has 1 saturated carbocycles. The largest absolute Gasteiger partial charge is 0.384 e. The van der Waals surface area contributed by atoms with Gasteiger partial charge < -0.3 is 36.4 Å². The first-order chi connectivity index (χ1) is 36.2. The lowest BCUT2D eigenvalue weighted by atomic mass is 9.70. The molecule has 1 atom stereocenters. The number of aliphatic hydroxyl groups is 2. The number of pyridine rings is 3. The molecular weight excluding hydrogens is 947 g/mol. The van der Waals surface area contributed by atoms with Gasteiger partial charge in [-0.05, 0) is 160 Å². The minimum absolute atomic E-state index is 0.118. The van der Waals surface area contributed by atoms with Crippen LogP contribution < -0.4 is 32.4 Å². The summed E-state index contributed by atoms with van der Waals surface area (Å²) < 4.78 is 6.85. The van der Waals surface area contributed by atoms with Gasteiger partial charge in [-0.15, -0.1) is 0 Å². The van der Waals surface area contributed by atoms with Gasteiger partial charge in [-0.2, -0.15) is 9.98 Å². The number of guanidine groups is 1. The third-order valence-electron chi connectivity index (χ3n) is 15.1. The molecular formula is C56H61N15O4. The van der Waals surface area contributed by atoms with Crippen molar-refractivity contribution in [3.05, 3.63) is 169 Å². The van der Waals surface area contributed by atoms with Crippen LogP contribution in [0.4, 0.5) is 23.1 Å². The second-order valence-corrected chi connectivity index (χ2v) is 21.3. The van der Waals surface area contributed by atoms with E-state index in [9.17, 15) is 19.8 Å².